The van der Waals surface area contributed by atoms with Gasteiger partial charge < -0.3 is 16.4 Å². The summed E-state index contributed by atoms with van der Waals surface area (Å²) in [5.74, 6) is -0.801. The topological polar surface area (TPSA) is 84.2 Å². The van der Waals surface area contributed by atoms with Crippen LogP contribution in [0.5, 0.6) is 0 Å². The number of hydrogen-bond donors (Lipinski definition) is 3. The molecule has 0 bridgehead atoms. The zero-order valence-electron chi connectivity index (χ0n) is 9.37. The Morgan fingerprint density at radius 2 is 2.18 bits per heavy atom. The first-order chi connectivity index (χ1) is 8.02. The van der Waals surface area contributed by atoms with E-state index in [-0.39, 0.29) is 12.3 Å². The molecule has 0 aromatic heterocycles. The molecular formula is C11H14BrN3O2. The first kappa shape index (κ1) is 13.5. The molecule has 0 fully saturated rings. The van der Waals surface area contributed by atoms with E-state index in [9.17, 15) is 9.59 Å². The molecule has 0 saturated carbocycles. The molecule has 0 heterocycles. The molecule has 1 atom stereocenters. The standard InChI is InChI=1S/C11H14BrN3O2/c1-14-10(16)6-9(11(13)17)15-8-4-2-3-7(12)5-8/h2-5,9,15H,6H2,1H3,(H2,13,17)(H,14,16). The maximum atomic E-state index is 11.2. The van der Waals surface area contributed by atoms with Crippen LogP contribution in [0.15, 0.2) is 28.7 Å². The second-order valence-electron chi connectivity index (χ2n) is 3.49. The highest BCUT2D eigenvalue weighted by Gasteiger charge is 2.18. The minimum atomic E-state index is -0.718. The Balaban J connectivity index is 2.73. The van der Waals surface area contributed by atoms with Gasteiger partial charge in [0.1, 0.15) is 6.04 Å². The van der Waals surface area contributed by atoms with Gasteiger partial charge in [-0.05, 0) is 18.2 Å². The van der Waals surface area contributed by atoms with Crippen LogP contribution >= 0.6 is 15.9 Å². The number of carbonyl (C=O) groups excluding carboxylic acids is 2. The Kier molecular flexibility index (Phi) is 4.96. The van der Waals surface area contributed by atoms with Gasteiger partial charge in [0.2, 0.25) is 11.8 Å². The minimum Gasteiger partial charge on any atom is -0.373 e. The number of benzene rings is 1. The summed E-state index contributed by atoms with van der Waals surface area (Å²) >= 11 is 3.32. The van der Waals surface area contributed by atoms with Crippen LogP contribution in [0.2, 0.25) is 0 Å². The summed E-state index contributed by atoms with van der Waals surface area (Å²) in [6.45, 7) is 0. The third kappa shape index (κ3) is 4.44. The van der Waals surface area contributed by atoms with E-state index in [0.29, 0.717) is 0 Å². The van der Waals surface area contributed by atoms with Crippen LogP contribution < -0.4 is 16.4 Å². The molecule has 6 heteroatoms. The van der Waals surface area contributed by atoms with E-state index < -0.39 is 11.9 Å². The monoisotopic (exact) mass is 299 g/mol. The molecule has 17 heavy (non-hydrogen) atoms. The lowest BCUT2D eigenvalue weighted by molar-refractivity contribution is -0.125. The van der Waals surface area contributed by atoms with Crippen molar-refractivity contribution in [2.24, 2.45) is 5.73 Å². The highest BCUT2D eigenvalue weighted by Crippen LogP contribution is 2.16. The lowest BCUT2D eigenvalue weighted by atomic mass is 10.1. The molecule has 2 amide bonds. The molecule has 4 N–H and O–H groups in total. The molecule has 1 aromatic rings. The number of amides is 2. The zero-order chi connectivity index (χ0) is 12.8. The first-order valence-corrected chi connectivity index (χ1v) is 5.84. The van der Waals surface area contributed by atoms with E-state index in [1.165, 1.54) is 7.05 Å². The Hall–Kier alpha value is -1.56. The van der Waals surface area contributed by atoms with Crippen LogP contribution in [0.3, 0.4) is 0 Å². The molecule has 1 aromatic carbocycles. The Bertz CT molecular complexity index is 423. The van der Waals surface area contributed by atoms with Gasteiger partial charge in [-0.3, -0.25) is 9.59 Å². The largest absolute Gasteiger partial charge is 0.373 e. The van der Waals surface area contributed by atoms with Gasteiger partial charge in [0, 0.05) is 17.2 Å². The molecule has 1 rings (SSSR count). The third-order valence-electron chi connectivity index (χ3n) is 2.18. The maximum Gasteiger partial charge on any atom is 0.240 e. The van der Waals surface area contributed by atoms with Gasteiger partial charge in [-0.1, -0.05) is 22.0 Å². The fourth-order valence-electron chi connectivity index (χ4n) is 1.29. The van der Waals surface area contributed by atoms with Crippen LogP contribution in [0.25, 0.3) is 0 Å². The van der Waals surface area contributed by atoms with Crippen LogP contribution in [0.4, 0.5) is 5.69 Å². The van der Waals surface area contributed by atoms with Crippen molar-refractivity contribution in [2.75, 3.05) is 12.4 Å². The Labute approximate surface area is 108 Å². The molecule has 92 valence electrons. The number of carbonyl (C=O) groups is 2. The van der Waals surface area contributed by atoms with Crippen LogP contribution in [-0.4, -0.2) is 24.9 Å². The van der Waals surface area contributed by atoms with E-state index in [1.807, 2.05) is 12.1 Å². The summed E-state index contributed by atoms with van der Waals surface area (Å²) in [4.78, 5) is 22.4. The Morgan fingerprint density at radius 1 is 1.47 bits per heavy atom. The minimum absolute atomic E-state index is 0.0122. The van der Waals surface area contributed by atoms with Crippen molar-refractivity contribution in [3.05, 3.63) is 28.7 Å². The molecule has 1 unspecified atom stereocenters. The van der Waals surface area contributed by atoms with E-state index in [1.54, 1.807) is 12.1 Å². The summed E-state index contributed by atoms with van der Waals surface area (Å²) in [6, 6.07) is 6.57. The summed E-state index contributed by atoms with van der Waals surface area (Å²) in [5.41, 5.74) is 5.96. The molecule has 0 radical (unpaired) electrons. The third-order valence-corrected chi connectivity index (χ3v) is 2.67. The SMILES string of the molecule is CNC(=O)CC(Nc1cccc(Br)c1)C(N)=O. The zero-order valence-corrected chi connectivity index (χ0v) is 11.0. The highest BCUT2D eigenvalue weighted by molar-refractivity contribution is 9.10. The Morgan fingerprint density at radius 3 is 2.71 bits per heavy atom. The van der Waals surface area contributed by atoms with E-state index in [2.05, 4.69) is 26.6 Å². The van der Waals surface area contributed by atoms with Gasteiger partial charge in [0.15, 0.2) is 0 Å². The maximum absolute atomic E-state index is 11.2. The van der Waals surface area contributed by atoms with Gasteiger partial charge in [0.05, 0.1) is 6.42 Å². The van der Waals surface area contributed by atoms with Gasteiger partial charge in [-0.2, -0.15) is 0 Å². The van der Waals surface area contributed by atoms with E-state index in [4.69, 9.17) is 5.73 Å². The second-order valence-corrected chi connectivity index (χ2v) is 4.40. The molecule has 0 aliphatic rings. The van der Waals surface area contributed by atoms with Crippen molar-refractivity contribution in [3.8, 4) is 0 Å². The van der Waals surface area contributed by atoms with E-state index in [0.717, 1.165) is 10.2 Å². The van der Waals surface area contributed by atoms with Gasteiger partial charge in [-0.25, -0.2) is 0 Å². The lowest BCUT2D eigenvalue weighted by Crippen LogP contribution is -2.39. The van der Waals surface area contributed by atoms with Gasteiger partial charge in [-0.15, -0.1) is 0 Å². The summed E-state index contributed by atoms with van der Waals surface area (Å²) in [5, 5.41) is 5.37. The summed E-state index contributed by atoms with van der Waals surface area (Å²) in [6.07, 6.45) is 0.0122. The van der Waals surface area contributed by atoms with Crippen molar-refractivity contribution in [1.82, 2.24) is 5.32 Å². The number of anilines is 1. The number of rotatable bonds is 5. The van der Waals surface area contributed by atoms with Crippen molar-refractivity contribution < 1.29 is 9.59 Å². The average molecular weight is 300 g/mol. The van der Waals surface area contributed by atoms with Crippen LogP contribution in [0, 0.1) is 0 Å². The van der Waals surface area contributed by atoms with Crippen LogP contribution in [-0.2, 0) is 9.59 Å². The molecular weight excluding hydrogens is 286 g/mol. The smallest absolute Gasteiger partial charge is 0.240 e. The summed E-state index contributed by atoms with van der Waals surface area (Å²) in [7, 11) is 1.51. The van der Waals surface area contributed by atoms with Gasteiger partial charge in [0.25, 0.3) is 0 Å². The molecule has 0 aliphatic carbocycles. The number of primary amides is 1. The highest BCUT2D eigenvalue weighted by atomic mass is 79.9. The van der Waals surface area contributed by atoms with Crippen molar-refractivity contribution in [1.29, 1.82) is 0 Å². The van der Waals surface area contributed by atoms with Gasteiger partial charge >= 0.3 is 0 Å². The second kappa shape index (κ2) is 6.24. The van der Waals surface area contributed by atoms with Crippen molar-refractivity contribution >= 4 is 33.4 Å². The first-order valence-electron chi connectivity index (χ1n) is 5.05. The fourth-order valence-corrected chi connectivity index (χ4v) is 1.69. The molecule has 0 saturated heterocycles. The molecule has 0 spiro atoms. The number of nitrogens with one attached hydrogen (secondary N) is 2. The fraction of sp³-hybridized carbons (Fsp3) is 0.273. The molecule has 0 aliphatic heterocycles. The quantitative estimate of drug-likeness (QED) is 0.754. The van der Waals surface area contributed by atoms with Crippen LogP contribution in [0.1, 0.15) is 6.42 Å². The summed E-state index contributed by atoms with van der Waals surface area (Å²) < 4.78 is 0.880. The normalized spacial score (nSPS) is 11.6. The number of halogens is 1. The molecule has 5 nitrogen and oxygen atoms in total. The predicted octanol–water partition coefficient (Wildman–Crippen LogP) is 0.851. The number of nitrogens with two attached hydrogens (primary N) is 1. The predicted molar refractivity (Wildman–Crippen MR) is 69.4 cm³/mol. The van der Waals surface area contributed by atoms with E-state index >= 15 is 0 Å². The van der Waals surface area contributed by atoms with Crippen molar-refractivity contribution in [2.45, 2.75) is 12.5 Å². The van der Waals surface area contributed by atoms with Crippen molar-refractivity contribution in [3.63, 3.8) is 0 Å². The number of hydrogen-bond acceptors (Lipinski definition) is 3. The average Bonchev–Trinajstić information content (AvgIpc) is 2.27. The lowest BCUT2D eigenvalue weighted by Gasteiger charge is -2.16.